The molecule has 64 valence electrons. The van der Waals surface area contributed by atoms with Crippen LogP contribution in [0, 0.1) is 0 Å². The van der Waals surface area contributed by atoms with Gasteiger partial charge in [-0.3, -0.25) is 4.79 Å². The van der Waals surface area contributed by atoms with Gasteiger partial charge in [0.2, 0.25) is 5.91 Å². The zero-order chi connectivity index (χ0) is 8.69. The van der Waals surface area contributed by atoms with Gasteiger partial charge >= 0.3 is 0 Å². The van der Waals surface area contributed by atoms with Gasteiger partial charge in [0.25, 0.3) is 0 Å². The summed E-state index contributed by atoms with van der Waals surface area (Å²) in [6.45, 7) is 9.90. The third-order valence-corrected chi connectivity index (χ3v) is 1.76. The summed E-state index contributed by atoms with van der Waals surface area (Å²) in [5.74, 6) is 0.313. The minimum atomic E-state index is 0.313. The van der Waals surface area contributed by atoms with Crippen molar-refractivity contribution in [1.82, 2.24) is 4.90 Å². The molecule has 2 heteroatoms. The molecule has 0 N–H and O–H groups in total. The monoisotopic (exact) mass is 155 g/mol. The van der Waals surface area contributed by atoms with Crippen molar-refractivity contribution in [2.24, 2.45) is 0 Å². The molecule has 0 aromatic rings. The quantitative estimate of drug-likeness (QED) is 0.529. The van der Waals surface area contributed by atoms with Crippen molar-refractivity contribution in [2.45, 2.75) is 26.2 Å². The number of carbonyl (C=O) groups is 1. The SMILES string of the molecule is C=C.CCC(=O)N1CCCC1. The van der Waals surface area contributed by atoms with Crippen molar-refractivity contribution in [3.63, 3.8) is 0 Å². The molecule has 1 amide bonds. The minimum absolute atomic E-state index is 0.313. The van der Waals surface area contributed by atoms with E-state index in [0.29, 0.717) is 12.3 Å². The van der Waals surface area contributed by atoms with Crippen LogP contribution >= 0.6 is 0 Å². The van der Waals surface area contributed by atoms with E-state index in [1.807, 2.05) is 11.8 Å². The second-order valence-electron chi connectivity index (χ2n) is 2.44. The Morgan fingerprint density at radius 2 is 1.82 bits per heavy atom. The Balaban J connectivity index is 0.000000461. The molecule has 0 saturated carbocycles. The fraction of sp³-hybridized carbons (Fsp3) is 0.667. The van der Waals surface area contributed by atoms with Crippen LogP contribution in [0.15, 0.2) is 13.2 Å². The number of hydrogen-bond donors (Lipinski definition) is 0. The lowest BCUT2D eigenvalue weighted by Crippen LogP contribution is -2.26. The average Bonchev–Trinajstić information content (AvgIpc) is 2.59. The molecular formula is C9H17NO. The third-order valence-electron chi connectivity index (χ3n) is 1.76. The standard InChI is InChI=1S/C7H13NO.C2H4/c1-2-7(9)8-5-3-4-6-8;1-2/h2-6H2,1H3;1-2H2. The summed E-state index contributed by atoms with van der Waals surface area (Å²) in [5.41, 5.74) is 0. The highest BCUT2D eigenvalue weighted by molar-refractivity contribution is 5.75. The zero-order valence-corrected chi connectivity index (χ0v) is 7.31. The Hall–Kier alpha value is -0.790. The first-order chi connectivity index (χ1) is 5.34. The van der Waals surface area contributed by atoms with Crippen LogP contribution in [0.5, 0.6) is 0 Å². The zero-order valence-electron chi connectivity index (χ0n) is 7.31. The van der Waals surface area contributed by atoms with Gasteiger partial charge in [0.15, 0.2) is 0 Å². The fourth-order valence-corrected chi connectivity index (χ4v) is 1.19. The molecule has 1 saturated heterocycles. The van der Waals surface area contributed by atoms with E-state index < -0.39 is 0 Å². The smallest absolute Gasteiger partial charge is 0.222 e. The fourth-order valence-electron chi connectivity index (χ4n) is 1.19. The second kappa shape index (κ2) is 5.96. The van der Waals surface area contributed by atoms with Gasteiger partial charge in [-0.05, 0) is 12.8 Å². The van der Waals surface area contributed by atoms with E-state index in [9.17, 15) is 4.79 Å². The lowest BCUT2D eigenvalue weighted by molar-refractivity contribution is -0.129. The van der Waals surface area contributed by atoms with Gasteiger partial charge < -0.3 is 4.90 Å². The van der Waals surface area contributed by atoms with E-state index in [-0.39, 0.29) is 0 Å². The van der Waals surface area contributed by atoms with E-state index in [1.165, 1.54) is 12.8 Å². The number of rotatable bonds is 1. The maximum atomic E-state index is 10.9. The van der Waals surface area contributed by atoms with Crippen molar-refractivity contribution in [3.05, 3.63) is 13.2 Å². The predicted octanol–water partition coefficient (Wildman–Crippen LogP) is 1.82. The summed E-state index contributed by atoms with van der Waals surface area (Å²) in [7, 11) is 0. The molecular weight excluding hydrogens is 138 g/mol. The first-order valence-corrected chi connectivity index (χ1v) is 4.12. The van der Waals surface area contributed by atoms with Crippen LogP contribution in [-0.4, -0.2) is 23.9 Å². The first kappa shape index (κ1) is 10.2. The van der Waals surface area contributed by atoms with Crippen molar-refractivity contribution >= 4 is 5.91 Å². The van der Waals surface area contributed by atoms with Crippen LogP contribution in [0.4, 0.5) is 0 Å². The molecule has 0 atom stereocenters. The molecule has 0 aromatic heterocycles. The highest BCUT2D eigenvalue weighted by Gasteiger charge is 2.14. The second-order valence-corrected chi connectivity index (χ2v) is 2.44. The van der Waals surface area contributed by atoms with Crippen LogP contribution in [-0.2, 0) is 4.79 Å². The Morgan fingerprint density at radius 1 is 1.36 bits per heavy atom. The van der Waals surface area contributed by atoms with Gasteiger partial charge in [-0.1, -0.05) is 6.92 Å². The number of carbonyl (C=O) groups excluding carboxylic acids is 1. The lowest BCUT2D eigenvalue weighted by atomic mass is 10.4. The molecule has 1 fully saturated rings. The molecule has 0 radical (unpaired) electrons. The normalized spacial score (nSPS) is 15.5. The van der Waals surface area contributed by atoms with Gasteiger partial charge in [-0.25, -0.2) is 0 Å². The van der Waals surface area contributed by atoms with Gasteiger partial charge in [0.1, 0.15) is 0 Å². The Morgan fingerprint density at radius 3 is 2.18 bits per heavy atom. The molecule has 0 aliphatic carbocycles. The summed E-state index contributed by atoms with van der Waals surface area (Å²) >= 11 is 0. The maximum Gasteiger partial charge on any atom is 0.222 e. The van der Waals surface area contributed by atoms with E-state index in [4.69, 9.17) is 0 Å². The van der Waals surface area contributed by atoms with E-state index in [0.717, 1.165) is 13.1 Å². The number of nitrogens with zero attached hydrogens (tertiary/aromatic N) is 1. The highest BCUT2D eigenvalue weighted by Crippen LogP contribution is 2.07. The van der Waals surface area contributed by atoms with E-state index in [1.54, 1.807) is 0 Å². The number of amides is 1. The van der Waals surface area contributed by atoms with Crippen molar-refractivity contribution in [3.8, 4) is 0 Å². The summed E-state index contributed by atoms with van der Waals surface area (Å²) in [6, 6.07) is 0. The van der Waals surface area contributed by atoms with Crippen LogP contribution in [0.25, 0.3) is 0 Å². The summed E-state index contributed by atoms with van der Waals surface area (Å²) in [4.78, 5) is 12.9. The predicted molar refractivity (Wildman–Crippen MR) is 47.4 cm³/mol. The molecule has 1 aliphatic rings. The van der Waals surface area contributed by atoms with Gasteiger partial charge in [-0.2, -0.15) is 0 Å². The van der Waals surface area contributed by atoms with E-state index in [2.05, 4.69) is 13.2 Å². The molecule has 1 aliphatic heterocycles. The largest absolute Gasteiger partial charge is 0.343 e. The van der Waals surface area contributed by atoms with Crippen molar-refractivity contribution in [1.29, 1.82) is 0 Å². The summed E-state index contributed by atoms with van der Waals surface area (Å²) in [6.07, 6.45) is 3.07. The third kappa shape index (κ3) is 3.21. The Labute approximate surface area is 68.9 Å². The number of hydrogen-bond acceptors (Lipinski definition) is 1. The summed E-state index contributed by atoms with van der Waals surface area (Å²) in [5, 5.41) is 0. The van der Waals surface area contributed by atoms with Crippen LogP contribution in [0.1, 0.15) is 26.2 Å². The first-order valence-electron chi connectivity index (χ1n) is 4.12. The average molecular weight is 155 g/mol. The lowest BCUT2D eigenvalue weighted by Gasteiger charge is -2.12. The topological polar surface area (TPSA) is 20.3 Å². The molecule has 0 bridgehead atoms. The van der Waals surface area contributed by atoms with Gasteiger partial charge in [0, 0.05) is 19.5 Å². The molecule has 11 heavy (non-hydrogen) atoms. The van der Waals surface area contributed by atoms with Crippen molar-refractivity contribution in [2.75, 3.05) is 13.1 Å². The maximum absolute atomic E-state index is 10.9. The molecule has 1 rings (SSSR count). The van der Waals surface area contributed by atoms with Crippen LogP contribution < -0.4 is 0 Å². The minimum Gasteiger partial charge on any atom is -0.343 e. The molecule has 0 aromatic carbocycles. The van der Waals surface area contributed by atoms with Gasteiger partial charge in [-0.15, -0.1) is 13.2 Å². The molecule has 0 spiro atoms. The van der Waals surface area contributed by atoms with Crippen LogP contribution in [0.2, 0.25) is 0 Å². The van der Waals surface area contributed by atoms with Crippen LogP contribution in [0.3, 0.4) is 0 Å². The Bertz CT molecular complexity index is 117. The number of likely N-dealkylation sites (tertiary alicyclic amines) is 1. The van der Waals surface area contributed by atoms with Crippen molar-refractivity contribution < 1.29 is 4.79 Å². The van der Waals surface area contributed by atoms with E-state index >= 15 is 0 Å². The Kier molecular flexibility index (Phi) is 5.53. The highest BCUT2D eigenvalue weighted by atomic mass is 16.2. The summed E-state index contributed by atoms with van der Waals surface area (Å²) < 4.78 is 0. The molecule has 0 unspecified atom stereocenters. The van der Waals surface area contributed by atoms with Gasteiger partial charge in [0.05, 0.1) is 0 Å². The molecule has 2 nitrogen and oxygen atoms in total. The molecule has 1 heterocycles.